The first-order valence-electron chi connectivity index (χ1n) is 9.20. The molecule has 2 aromatic rings. The van der Waals surface area contributed by atoms with Crippen LogP contribution in [0.5, 0.6) is 0 Å². The molecule has 2 aromatic carbocycles. The number of ether oxygens (including phenoxy) is 1. The smallest absolute Gasteiger partial charge is 0.415 e. The lowest BCUT2D eigenvalue weighted by molar-refractivity contribution is -0.384. The fraction of sp³-hybridized carbons (Fsp3) is 0.286. The Hall–Kier alpha value is -2.93. The van der Waals surface area contributed by atoms with E-state index in [-0.39, 0.29) is 17.8 Å². The van der Waals surface area contributed by atoms with Crippen LogP contribution in [-0.4, -0.2) is 24.0 Å². The zero-order valence-corrected chi connectivity index (χ0v) is 17.3. The maximum absolute atomic E-state index is 12.8. The standard InChI is InChI=1S/C21H24N2O4Si/c1-28(2,3)15-19-13-20(17-9-11-18(12-10-17)23(25)26)22(21(24)27-19)14-16-7-5-4-6-8-16/h4-13,20H,14-15H2,1-3H3. The van der Waals surface area contributed by atoms with E-state index in [9.17, 15) is 14.9 Å². The number of hydrogen-bond acceptors (Lipinski definition) is 4. The highest BCUT2D eigenvalue weighted by Gasteiger charge is 2.33. The van der Waals surface area contributed by atoms with Gasteiger partial charge in [-0.3, -0.25) is 15.0 Å². The molecule has 0 saturated heterocycles. The third kappa shape index (κ3) is 4.86. The summed E-state index contributed by atoms with van der Waals surface area (Å²) in [5, 5.41) is 11.0. The van der Waals surface area contributed by atoms with E-state index in [1.165, 1.54) is 12.1 Å². The Morgan fingerprint density at radius 3 is 2.29 bits per heavy atom. The van der Waals surface area contributed by atoms with Gasteiger partial charge in [0.1, 0.15) is 5.76 Å². The molecule has 0 bridgehead atoms. The van der Waals surface area contributed by atoms with Crippen molar-refractivity contribution < 1.29 is 14.5 Å². The molecule has 1 heterocycles. The number of allylic oxidation sites excluding steroid dienone is 1. The van der Waals surface area contributed by atoms with Gasteiger partial charge in [-0.1, -0.05) is 50.0 Å². The number of nitro benzene ring substituents is 1. The van der Waals surface area contributed by atoms with E-state index < -0.39 is 13.0 Å². The van der Waals surface area contributed by atoms with Gasteiger partial charge in [0.15, 0.2) is 0 Å². The van der Waals surface area contributed by atoms with Crippen LogP contribution in [0.3, 0.4) is 0 Å². The predicted octanol–water partition coefficient (Wildman–Crippen LogP) is 5.51. The number of benzene rings is 2. The molecule has 28 heavy (non-hydrogen) atoms. The number of carbonyl (C=O) groups excluding carboxylic acids is 1. The van der Waals surface area contributed by atoms with Crippen molar-refractivity contribution in [2.45, 2.75) is 38.3 Å². The van der Waals surface area contributed by atoms with E-state index in [2.05, 4.69) is 19.6 Å². The highest BCUT2D eigenvalue weighted by molar-refractivity contribution is 6.76. The van der Waals surface area contributed by atoms with Crippen LogP contribution in [0.1, 0.15) is 17.2 Å². The van der Waals surface area contributed by atoms with Gasteiger partial charge in [-0.25, -0.2) is 4.79 Å². The fourth-order valence-corrected chi connectivity index (χ4v) is 4.45. The number of carbonyl (C=O) groups is 1. The van der Waals surface area contributed by atoms with Crippen LogP contribution in [0.2, 0.25) is 25.7 Å². The van der Waals surface area contributed by atoms with Crippen molar-refractivity contribution in [3.8, 4) is 0 Å². The molecular formula is C21H24N2O4Si. The van der Waals surface area contributed by atoms with Crippen molar-refractivity contribution >= 4 is 19.9 Å². The normalized spacial score (nSPS) is 17.1. The highest BCUT2D eigenvalue weighted by atomic mass is 28.3. The Balaban J connectivity index is 1.97. The number of cyclic esters (lactones) is 1. The summed E-state index contributed by atoms with van der Waals surface area (Å²) in [7, 11) is -1.48. The molecule has 3 rings (SSSR count). The first kappa shape index (κ1) is 19.8. The second-order valence-electron chi connectivity index (χ2n) is 8.15. The number of rotatable bonds is 6. The Kier molecular flexibility index (Phi) is 5.65. The number of non-ortho nitro benzene ring substituents is 1. The molecule has 1 aliphatic rings. The zero-order valence-electron chi connectivity index (χ0n) is 16.3. The maximum Gasteiger partial charge on any atom is 0.415 e. The summed E-state index contributed by atoms with van der Waals surface area (Å²) in [6.45, 7) is 7.06. The Morgan fingerprint density at radius 2 is 1.71 bits per heavy atom. The summed E-state index contributed by atoms with van der Waals surface area (Å²) in [6.07, 6.45) is 1.59. The quantitative estimate of drug-likeness (QED) is 0.367. The molecule has 0 saturated carbocycles. The number of hydrogen-bond donors (Lipinski definition) is 0. The molecule has 0 spiro atoms. The fourth-order valence-electron chi connectivity index (χ4n) is 3.21. The van der Waals surface area contributed by atoms with Crippen LogP contribution < -0.4 is 0 Å². The second kappa shape index (κ2) is 7.98. The van der Waals surface area contributed by atoms with Gasteiger partial charge >= 0.3 is 6.09 Å². The summed E-state index contributed by atoms with van der Waals surface area (Å²) in [5.41, 5.74) is 1.85. The summed E-state index contributed by atoms with van der Waals surface area (Å²) in [5.74, 6) is 0.692. The van der Waals surface area contributed by atoms with Crippen LogP contribution in [0.4, 0.5) is 10.5 Å². The number of amides is 1. The lowest BCUT2D eigenvalue weighted by Gasteiger charge is -2.35. The molecule has 0 radical (unpaired) electrons. The average Bonchev–Trinajstić information content (AvgIpc) is 2.63. The van der Waals surface area contributed by atoms with Gasteiger partial charge < -0.3 is 4.74 Å². The van der Waals surface area contributed by atoms with Crippen molar-refractivity contribution in [1.29, 1.82) is 0 Å². The SMILES string of the molecule is C[Si](C)(C)CC1=CC(c2ccc([N+](=O)[O-])cc2)N(Cc2ccccc2)C(=O)O1. The summed E-state index contributed by atoms with van der Waals surface area (Å²) in [6, 6.07) is 16.5. The third-order valence-electron chi connectivity index (χ3n) is 4.48. The number of nitrogens with zero attached hydrogens (tertiary/aromatic N) is 2. The second-order valence-corrected chi connectivity index (χ2v) is 13.6. The largest absolute Gasteiger partial charge is 0.415 e. The average molecular weight is 397 g/mol. The van der Waals surface area contributed by atoms with Crippen LogP contribution in [0.25, 0.3) is 0 Å². The van der Waals surface area contributed by atoms with E-state index in [0.717, 1.165) is 17.2 Å². The van der Waals surface area contributed by atoms with Crippen LogP contribution in [-0.2, 0) is 11.3 Å². The first-order chi connectivity index (χ1) is 13.2. The minimum absolute atomic E-state index is 0.0306. The molecule has 1 atom stereocenters. The van der Waals surface area contributed by atoms with E-state index in [4.69, 9.17) is 4.74 Å². The van der Waals surface area contributed by atoms with Crippen LogP contribution in [0.15, 0.2) is 66.4 Å². The molecule has 0 aromatic heterocycles. The summed E-state index contributed by atoms with van der Waals surface area (Å²) >= 11 is 0. The van der Waals surface area contributed by atoms with Crippen molar-refractivity contribution in [3.05, 3.63) is 87.7 Å². The third-order valence-corrected chi connectivity index (χ3v) is 5.89. The molecule has 1 amide bonds. The minimum atomic E-state index is -1.48. The topological polar surface area (TPSA) is 72.7 Å². The van der Waals surface area contributed by atoms with Crippen molar-refractivity contribution in [3.63, 3.8) is 0 Å². The molecule has 0 aliphatic carbocycles. The molecular weight excluding hydrogens is 372 g/mol. The van der Waals surface area contributed by atoms with Crippen LogP contribution in [0, 0.1) is 10.1 Å². The predicted molar refractivity (Wildman–Crippen MR) is 111 cm³/mol. The molecule has 0 fully saturated rings. The van der Waals surface area contributed by atoms with Crippen molar-refractivity contribution in [1.82, 2.24) is 4.90 Å². The minimum Gasteiger partial charge on any atom is -0.415 e. The van der Waals surface area contributed by atoms with Gasteiger partial charge in [-0.15, -0.1) is 0 Å². The monoisotopic (exact) mass is 396 g/mol. The molecule has 7 heteroatoms. The van der Waals surface area contributed by atoms with Gasteiger partial charge in [0.05, 0.1) is 19.0 Å². The van der Waals surface area contributed by atoms with Crippen LogP contribution >= 0.6 is 0 Å². The Morgan fingerprint density at radius 1 is 1.07 bits per heavy atom. The Bertz CT molecular complexity index is 889. The van der Waals surface area contributed by atoms with Gasteiger partial charge in [0.2, 0.25) is 0 Å². The molecule has 6 nitrogen and oxygen atoms in total. The van der Waals surface area contributed by atoms with Gasteiger partial charge in [0, 0.05) is 24.7 Å². The van der Waals surface area contributed by atoms with Gasteiger partial charge in [-0.2, -0.15) is 0 Å². The van der Waals surface area contributed by atoms with Crippen molar-refractivity contribution in [2.75, 3.05) is 0 Å². The molecule has 0 N–H and O–H groups in total. The van der Waals surface area contributed by atoms with E-state index >= 15 is 0 Å². The summed E-state index contributed by atoms with van der Waals surface area (Å²) < 4.78 is 5.64. The zero-order chi connectivity index (χ0) is 20.3. The summed E-state index contributed by atoms with van der Waals surface area (Å²) in [4.78, 5) is 25.0. The van der Waals surface area contributed by atoms with Gasteiger partial charge in [0.25, 0.3) is 5.69 Å². The van der Waals surface area contributed by atoms with Gasteiger partial charge in [-0.05, 0) is 29.3 Å². The highest BCUT2D eigenvalue weighted by Crippen LogP contribution is 2.34. The van der Waals surface area contributed by atoms with Crippen molar-refractivity contribution in [2.24, 2.45) is 0 Å². The molecule has 1 aliphatic heterocycles. The lowest BCUT2D eigenvalue weighted by atomic mass is 10.0. The first-order valence-corrected chi connectivity index (χ1v) is 12.9. The number of nitro groups is 1. The molecule has 1 unspecified atom stereocenters. The van der Waals surface area contributed by atoms with E-state index in [1.54, 1.807) is 17.0 Å². The Labute approximate surface area is 165 Å². The molecule has 146 valence electrons. The van der Waals surface area contributed by atoms with E-state index in [1.807, 2.05) is 36.4 Å². The lowest BCUT2D eigenvalue weighted by Crippen LogP contribution is -2.38. The maximum atomic E-state index is 12.8. The van der Waals surface area contributed by atoms with E-state index in [0.29, 0.717) is 12.3 Å².